The normalized spacial score (nSPS) is 29.0. The maximum Gasteiger partial charge on any atom is 0.146 e. The molecular formula is C15H20N4. The summed E-state index contributed by atoms with van der Waals surface area (Å²) < 4.78 is 0. The van der Waals surface area contributed by atoms with E-state index in [4.69, 9.17) is 0 Å². The van der Waals surface area contributed by atoms with Crippen molar-refractivity contribution in [1.82, 2.24) is 10.3 Å². The molecule has 3 rings (SSSR count). The Bertz CT molecular complexity index is 507. The van der Waals surface area contributed by atoms with Gasteiger partial charge in [-0.2, -0.15) is 5.26 Å². The Labute approximate surface area is 114 Å². The molecule has 2 bridgehead atoms. The first-order valence-corrected chi connectivity index (χ1v) is 7.04. The largest absolute Gasteiger partial charge is 0.355 e. The summed E-state index contributed by atoms with van der Waals surface area (Å²) in [4.78, 5) is 6.79. The predicted molar refractivity (Wildman–Crippen MR) is 75.1 cm³/mol. The summed E-state index contributed by atoms with van der Waals surface area (Å²) in [5.41, 5.74) is 1.65. The van der Waals surface area contributed by atoms with Crippen LogP contribution in [0, 0.1) is 18.3 Å². The molecule has 0 aromatic carbocycles. The van der Waals surface area contributed by atoms with Crippen molar-refractivity contribution in [3.05, 3.63) is 23.4 Å². The number of aromatic nitrogens is 1. The molecule has 0 amide bonds. The third kappa shape index (κ3) is 2.31. The molecule has 0 aliphatic carbocycles. The van der Waals surface area contributed by atoms with E-state index in [0.717, 1.165) is 24.4 Å². The third-order valence-electron chi connectivity index (χ3n) is 4.46. The van der Waals surface area contributed by atoms with Gasteiger partial charge in [-0.3, -0.25) is 0 Å². The molecule has 0 saturated carbocycles. The summed E-state index contributed by atoms with van der Waals surface area (Å²) in [6.45, 7) is 1.98. The number of hydrogen-bond acceptors (Lipinski definition) is 4. The molecule has 2 unspecified atom stereocenters. The molecule has 2 saturated heterocycles. The number of pyridine rings is 1. The number of anilines is 1. The van der Waals surface area contributed by atoms with Crippen molar-refractivity contribution < 1.29 is 0 Å². The zero-order chi connectivity index (χ0) is 13.4. The van der Waals surface area contributed by atoms with E-state index in [1.807, 2.05) is 19.1 Å². The van der Waals surface area contributed by atoms with Gasteiger partial charge in [0.05, 0.1) is 5.56 Å². The van der Waals surface area contributed by atoms with Crippen molar-refractivity contribution in [3.63, 3.8) is 0 Å². The van der Waals surface area contributed by atoms with Crippen molar-refractivity contribution in [2.24, 2.45) is 0 Å². The number of hydrogen-bond donors (Lipinski definition) is 1. The monoisotopic (exact) mass is 256 g/mol. The van der Waals surface area contributed by atoms with E-state index in [2.05, 4.69) is 28.3 Å². The smallest absolute Gasteiger partial charge is 0.146 e. The lowest BCUT2D eigenvalue weighted by atomic mass is 9.98. The maximum atomic E-state index is 9.24. The summed E-state index contributed by atoms with van der Waals surface area (Å²) in [7, 11) is 2.08. The lowest BCUT2D eigenvalue weighted by molar-refractivity contribution is 0.353. The van der Waals surface area contributed by atoms with Crippen molar-refractivity contribution in [1.29, 1.82) is 5.26 Å². The van der Waals surface area contributed by atoms with Crippen LogP contribution in [0.1, 0.15) is 36.9 Å². The maximum absolute atomic E-state index is 9.24. The highest BCUT2D eigenvalue weighted by molar-refractivity contribution is 5.54. The van der Waals surface area contributed by atoms with Crippen molar-refractivity contribution in [2.45, 2.75) is 50.7 Å². The minimum absolute atomic E-state index is 0.500. The van der Waals surface area contributed by atoms with E-state index >= 15 is 0 Å². The van der Waals surface area contributed by atoms with Gasteiger partial charge in [0, 0.05) is 30.9 Å². The molecule has 3 heterocycles. The molecule has 1 aromatic heterocycles. The zero-order valence-corrected chi connectivity index (χ0v) is 11.6. The van der Waals surface area contributed by atoms with Gasteiger partial charge in [-0.15, -0.1) is 0 Å². The highest BCUT2D eigenvalue weighted by Crippen LogP contribution is 2.31. The van der Waals surface area contributed by atoms with E-state index < -0.39 is 0 Å². The second-order valence-corrected chi connectivity index (χ2v) is 5.81. The second kappa shape index (κ2) is 4.82. The molecule has 2 aliphatic rings. The number of nitrogens with zero attached hydrogens (tertiary/aromatic N) is 3. The Morgan fingerprint density at radius 1 is 1.32 bits per heavy atom. The van der Waals surface area contributed by atoms with Crippen LogP contribution in [0.25, 0.3) is 0 Å². The average Bonchev–Trinajstić information content (AvgIpc) is 2.76. The minimum Gasteiger partial charge on any atom is -0.355 e. The summed E-state index contributed by atoms with van der Waals surface area (Å²) >= 11 is 0. The SMILES string of the molecule is Cc1ccc(C#N)c(N(C)C2CC3CCC(C2)N3)n1. The second-order valence-electron chi connectivity index (χ2n) is 5.81. The quantitative estimate of drug-likeness (QED) is 0.879. The molecule has 100 valence electrons. The number of nitrogens with one attached hydrogen (secondary N) is 1. The van der Waals surface area contributed by atoms with Gasteiger partial charge >= 0.3 is 0 Å². The van der Waals surface area contributed by atoms with Crippen LogP contribution in [0.2, 0.25) is 0 Å². The highest BCUT2D eigenvalue weighted by atomic mass is 15.2. The van der Waals surface area contributed by atoms with Crippen LogP contribution >= 0.6 is 0 Å². The minimum atomic E-state index is 0.500. The Balaban J connectivity index is 1.86. The first-order valence-electron chi connectivity index (χ1n) is 7.04. The standard InChI is InChI=1S/C15H20N4/c1-10-3-4-11(9-16)15(17-10)19(2)14-7-12-5-6-13(8-14)18-12/h3-4,12-14,18H,5-8H2,1-2H3. The van der Waals surface area contributed by atoms with E-state index in [1.54, 1.807) is 0 Å². The molecule has 4 heteroatoms. The summed E-state index contributed by atoms with van der Waals surface area (Å²) in [5.74, 6) is 0.841. The van der Waals surface area contributed by atoms with E-state index in [-0.39, 0.29) is 0 Å². The van der Waals surface area contributed by atoms with Crippen LogP contribution in [-0.2, 0) is 0 Å². The lowest BCUT2D eigenvalue weighted by Crippen LogP contribution is -2.47. The Morgan fingerprint density at radius 2 is 2.00 bits per heavy atom. The summed E-state index contributed by atoms with van der Waals surface area (Å²) in [6.07, 6.45) is 4.91. The lowest BCUT2D eigenvalue weighted by Gasteiger charge is -2.36. The molecule has 2 aliphatic heterocycles. The molecule has 4 nitrogen and oxygen atoms in total. The first-order chi connectivity index (χ1) is 9.17. The van der Waals surface area contributed by atoms with Crippen LogP contribution in [0.15, 0.2) is 12.1 Å². The van der Waals surface area contributed by atoms with Gasteiger partial charge in [0.25, 0.3) is 0 Å². The predicted octanol–water partition coefficient (Wildman–Crippen LogP) is 1.98. The van der Waals surface area contributed by atoms with Crippen molar-refractivity contribution in [2.75, 3.05) is 11.9 Å². The number of aryl methyl sites for hydroxylation is 1. The zero-order valence-electron chi connectivity index (χ0n) is 11.6. The molecule has 0 radical (unpaired) electrons. The van der Waals surface area contributed by atoms with Gasteiger partial charge in [0.1, 0.15) is 11.9 Å². The molecule has 19 heavy (non-hydrogen) atoms. The van der Waals surface area contributed by atoms with Crippen LogP contribution in [0.3, 0.4) is 0 Å². The van der Waals surface area contributed by atoms with Crippen LogP contribution in [-0.4, -0.2) is 30.2 Å². The van der Waals surface area contributed by atoms with E-state index in [9.17, 15) is 5.26 Å². The van der Waals surface area contributed by atoms with Gasteiger partial charge in [-0.25, -0.2) is 4.98 Å². The van der Waals surface area contributed by atoms with Crippen LogP contribution < -0.4 is 10.2 Å². The molecule has 2 fully saturated rings. The number of rotatable bonds is 2. The van der Waals surface area contributed by atoms with Gasteiger partial charge in [-0.1, -0.05) is 0 Å². The third-order valence-corrected chi connectivity index (χ3v) is 4.46. The molecule has 1 aromatic rings. The fraction of sp³-hybridized carbons (Fsp3) is 0.600. The van der Waals surface area contributed by atoms with Crippen LogP contribution in [0.4, 0.5) is 5.82 Å². The van der Waals surface area contributed by atoms with Crippen LogP contribution in [0.5, 0.6) is 0 Å². The van der Waals surface area contributed by atoms with Gasteiger partial charge in [0.15, 0.2) is 0 Å². The molecule has 2 atom stereocenters. The molecule has 1 N–H and O–H groups in total. The van der Waals surface area contributed by atoms with E-state index in [0.29, 0.717) is 23.7 Å². The fourth-order valence-corrected chi connectivity index (χ4v) is 3.42. The van der Waals surface area contributed by atoms with Gasteiger partial charge < -0.3 is 10.2 Å². The number of piperidine rings is 1. The first kappa shape index (κ1) is 12.4. The topological polar surface area (TPSA) is 52.0 Å². The Morgan fingerprint density at radius 3 is 2.63 bits per heavy atom. The number of nitriles is 1. The Kier molecular flexibility index (Phi) is 3.16. The Hall–Kier alpha value is -1.60. The highest BCUT2D eigenvalue weighted by Gasteiger charge is 2.35. The van der Waals surface area contributed by atoms with Gasteiger partial charge in [0.2, 0.25) is 0 Å². The fourth-order valence-electron chi connectivity index (χ4n) is 3.42. The molecule has 0 spiro atoms. The summed E-state index contributed by atoms with van der Waals surface area (Å²) in [6, 6.07) is 7.85. The number of fused-ring (bicyclic) bond motifs is 2. The van der Waals surface area contributed by atoms with Crippen molar-refractivity contribution in [3.8, 4) is 6.07 Å². The van der Waals surface area contributed by atoms with Crippen molar-refractivity contribution >= 4 is 5.82 Å². The molecular weight excluding hydrogens is 236 g/mol. The summed E-state index contributed by atoms with van der Waals surface area (Å²) in [5, 5.41) is 12.9. The van der Waals surface area contributed by atoms with E-state index in [1.165, 1.54) is 12.8 Å². The average molecular weight is 256 g/mol. The van der Waals surface area contributed by atoms with Gasteiger partial charge in [-0.05, 0) is 44.7 Å².